The number of fused-ring (bicyclic) bond motifs is 5. The quantitative estimate of drug-likeness (QED) is 0.500. The minimum atomic E-state index is -0.131. The van der Waals surface area contributed by atoms with Crippen molar-refractivity contribution in [3.8, 4) is 0 Å². The predicted octanol–water partition coefficient (Wildman–Crippen LogP) is 5.03. The first-order chi connectivity index (χ1) is 11.4. The van der Waals surface area contributed by atoms with Gasteiger partial charge in [0.1, 0.15) is 5.78 Å². The van der Waals surface area contributed by atoms with Gasteiger partial charge in [0.2, 0.25) is 0 Å². The molecule has 24 heavy (non-hydrogen) atoms. The molecule has 0 aliphatic heterocycles. The summed E-state index contributed by atoms with van der Waals surface area (Å²) in [7, 11) is 0. The standard InChI is InChI=1S/C22H30O2/c1-4-5-14-12-19-17-7-6-15-13-16(23)8-10-21(15,2)18(17)9-11-22(19,3)20(14)24/h5-6,17-19H,4,7-13H2,1-3H3/t17-,18-,19+,21+,22+/m1/s1. The second kappa shape index (κ2) is 5.41. The lowest BCUT2D eigenvalue weighted by atomic mass is 9.48. The molecule has 4 rings (SSSR count). The number of carbonyl (C=O) groups is 2. The molecule has 0 N–H and O–H groups in total. The summed E-state index contributed by atoms with van der Waals surface area (Å²) in [6.07, 6.45) is 12.2. The molecule has 130 valence electrons. The molecule has 0 aromatic carbocycles. The minimum Gasteiger partial charge on any atom is -0.299 e. The predicted molar refractivity (Wildman–Crippen MR) is 95.5 cm³/mol. The van der Waals surface area contributed by atoms with E-state index in [1.165, 1.54) is 5.57 Å². The molecule has 4 aliphatic carbocycles. The highest BCUT2D eigenvalue weighted by atomic mass is 16.1. The van der Waals surface area contributed by atoms with Crippen LogP contribution in [-0.2, 0) is 9.59 Å². The van der Waals surface area contributed by atoms with Crippen molar-refractivity contribution in [2.45, 2.75) is 72.1 Å². The van der Waals surface area contributed by atoms with E-state index in [9.17, 15) is 9.59 Å². The highest BCUT2D eigenvalue weighted by molar-refractivity contribution is 6.02. The SMILES string of the molecule is CCC=C1C[C@H]2[C@@H]3CC=C4CC(=O)CC[C@]4(C)[C@@H]3CC[C@]2(C)C1=O. The van der Waals surface area contributed by atoms with Gasteiger partial charge in [-0.3, -0.25) is 9.59 Å². The van der Waals surface area contributed by atoms with Crippen LogP contribution in [0.15, 0.2) is 23.3 Å². The van der Waals surface area contributed by atoms with Crippen molar-refractivity contribution < 1.29 is 9.59 Å². The molecule has 0 radical (unpaired) electrons. The lowest BCUT2D eigenvalue weighted by Gasteiger charge is -2.56. The zero-order valence-electron chi connectivity index (χ0n) is 15.4. The Labute approximate surface area is 145 Å². The summed E-state index contributed by atoms with van der Waals surface area (Å²) < 4.78 is 0. The molecule has 3 fully saturated rings. The highest BCUT2D eigenvalue weighted by Crippen LogP contribution is 2.64. The van der Waals surface area contributed by atoms with E-state index in [2.05, 4.69) is 32.9 Å². The molecule has 2 heteroatoms. The van der Waals surface area contributed by atoms with Gasteiger partial charge in [-0.15, -0.1) is 0 Å². The Morgan fingerprint density at radius 1 is 1.17 bits per heavy atom. The summed E-state index contributed by atoms with van der Waals surface area (Å²) in [5.41, 5.74) is 2.59. The third kappa shape index (κ3) is 2.07. The summed E-state index contributed by atoms with van der Waals surface area (Å²) in [5, 5.41) is 0. The van der Waals surface area contributed by atoms with Crippen LogP contribution in [0.25, 0.3) is 0 Å². The van der Waals surface area contributed by atoms with E-state index in [1.807, 2.05) is 0 Å². The van der Waals surface area contributed by atoms with Gasteiger partial charge in [0.15, 0.2) is 5.78 Å². The molecule has 0 aromatic rings. The number of allylic oxidation sites excluding steroid dienone is 4. The summed E-state index contributed by atoms with van der Waals surface area (Å²) in [6, 6.07) is 0. The van der Waals surface area contributed by atoms with Gasteiger partial charge in [0.25, 0.3) is 0 Å². The van der Waals surface area contributed by atoms with E-state index in [0.717, 1.165) is 50.5 Å². The van der Waals surface area contributed by atoms with Gasteiger partial charge in [-0.2, -0.15) is 0 Å². The van der Waals surface area contributed by atoms with Crippen molar-refractivity contribution in [2.24, 2.45) is 28.6 Å². The van der Waals surface area contributed by atoms with Crippen LogP contribution < -0.4 is 0 Å². The van der Waals surface area contributed by atoms with Gasteiger partial charge in [0, 0.05) is 18.3 Å². The molecule has 2 nitrogen and oxygen atoms in total. The Morgan fingerprint density at radius 2 is 1.96 bits per heavy atom. The van der Waals surface area contributed by atoms with Crippen molar-refractivity contribution in [3.05, 3.63) is 23.3 Å². The number of carbonyl (C=O) groups excluding carboxylic acids is 2. The molecule has 4 aliphatic rings. The number of hydrogen-bond donors (Lipinski definition) is 0. The van der Waals surface area contributed by atoms with Crippen LogP contribution in [-0.4, -0.2) is 11.6 Å². The van der Waals surface area contributed by atoms with Crippen molar-refractivity contribution in [1.29, 1.82) is 0 Å². The van der Waals surface area contributed by atoms with E-state index in [0.29, 0.717) is 35.7 Å². The number of ketones is 2. The molecule has 0 aromatic heterocycles. The normalized spacial score (nSPS) is 46.4. The van der Waals surface area contributed by atoms with Crippen LogP contribution in [0.2, 0.25) is 0 Å². The van der Waals surface area contributed by atoms with Crippen LogP contribution in [0, 0.1) is 28.6 Å². The maximum Gasteiger partial charge on any atom is 0.164 e. The molecule has 0 spiro atoms. The first-order valence-corrected chi connectivity index (χ1v) is 9.85. The smallest absolute Gasteiger partial charge is 0.164 e. The molecule has 3 saturated carbocycles. The monoisotopic (exact) mass is 326 g/mol. The van der Waals surface area contributed by atoms with Crippen LogP contribution >= 0.6 is 0 Å². The highest BCUT2D eigenvalue weighted by Gasteiger charge is 2.59. The lowest BCUT2D eigenvalue weighted by molar-refractivity contribution is -0.130. The lowest BCUT2D eigenvalue weighted by Crippen LogP contribution is -2.50. The molecule has 0 heterocycles. The van der Waals surface area contributed by atoms with Crippen molar-refractivity contribution in [2.75, 3.05) is 0 Å². The van der Waals surface area contributed by atoms with E-state index in [-0.39, 0.29) is 10.8 Å². The average molecular weight is 326 g/mol. The zero-order chi connectivity index (χ0) is 17.1. The third-order valence-electron chi connectivity index (χ3n) is 8.03. The number of Topliss-reactive ketones (excluding diaryl/α,β-unsaturated/α-hetero) is 2. The Morgan fingerprint density at radius 3 is 2.71 bits per heavy atom. The maximum atomic E-state index is 13.0. The largest absolute Gasteiger partial charge is 0.299 e. The van der Waals surface area contributed by atoms with Crippen LogP contribution in [0.4, 0.5) is 0 Å². The van der Waals surface area contributed by atoms with Crippen LogP contribution in [0.5, 0.6) is 0 Å². The van der Waals surface area contributed by atoms with Gasteiger partial charge in [-0.05, 0) is 67.3 Å². The van der Waals surface area contributed by atoms with E-state index < -0.39 is 0 Å². The molecule has 0 amide bonds. The van der Waals surface area contributed by atoms with Gasteiger partial charge < -0.3 is 0 Å². The van der Waals surface area contributed by atoms with E-state index >= 15 is 0 Å². The second-order valence-electron chi connectivity index (χ2n) is 9.10. The molecular formula is C22H30O2. The van der Waals surface area contributed by atoms with Gasteiger partial charge in [-0.25, -0.2) is 0 Å². The van der Waals surface area contributed by atoms with Crippen molar-refractivity contribution >= 4 is 11.6 Å². The summed E-state index contributed by atoms with van der Waals surface area (Å²) >= 11 is 0. The summed E-state index contributed by atoms with van der Waals surface area (Å²) in [4.78, 5) is 24.9. The van der Waals surface area contributed by atoms with Gasteiger partial charge in [-0.1, -0.05) is 38.5 Å². The first kappa shape index (κ1) is 16.3. The van der Waals surface area contributed by atoms with Crippen LogP contribution in [0.3, 0.4) is 0 Å². The Balaban J connectivity index is 1.70. The average Bonchev–Trinajstić information content (AvgIpc) is 2.81. The zero-order valence-corrected chi connectivity index (χ0v) is 15.4. The Kier molecular flexibility index (Phi) is 3.67. The minimum absolute atomic E-state index is 0.131. The molecule has 5 atom stereocenters. The molecule has 0 bridgehead atoms. The fourth-order valence-electron chi connectivity index (χ4n) is 6.57. The number of hydrogen-bond acceptors (Lipinski definition) is 2. The van der Waals surface area contributed by atoms with E-state index in [4.69, 9.17) is 0 Å². The fraction of sp³-hybridized carbons (Fsp3) is 0.727. The van der Waals surface area contributed by atoms with Gasteiger partial charge >= 0.3 is 0 Å². The van der Waals surface area contributed by atoms with Crippen molar-refractivity contribution in [3.63, 3.8) is 0 Å². The Bertz CT molecular complexity index is 655. The molecule has 0 saturated heterocycles. The van der Waals surface area contributed by atoms with Gasteiger partial charge in [0.05, 0.1) is 0 Å². The van der Waals surface area contributed by atoms with Crippen LogP contribution in [0.1, 0.15) is 72.1 Å². The number of rotatable bonds is 1. The summed E-state index contributed by atoms with van der Waals surface area (Å²) in [6.45, 7) is 6.77. The fourth-order valence-corrected chi connectivity index (χ4v) is 6.57. The first-order valence-electron chi connectivity index (χ1n) is 9.85. The van der Waals surface area contributed by atoms with Crippen molar-refractivity contribution in [1.82, 2.24) is 0 Å². The van der Waals surface area contributed by atoms with E-state index in [1.54, 1.807) is 0 Å². The third-order valence-corrected chi connectivity index (χ3v) is 8.03. The Hall–Kier alpha value is -1.18. The second-order valence-corrected chi connectivity index (χ2v) is 9.10. The molecule has 0 unspecified atom stereocenters. The maximum absolute atomic E-state index is 13.0. The summed E-state index contributed by atoms with van der Waals surface area (Å²) in [5.74, 6) is 2.65. The molecular weight excluding hydrogens is 296 g/mol. The topological polar surface area (TPSA) is 34.1 Å².